The zero-order valence-electron chi connectivity index (χ0n) is 10.9. The summed E-state index contributed by atoms with van der Waals surface area (Å²) in [6, 6.07) is 1.76. The number of likely N-dealkylation sites (N-methyl/N-ethyl adjacent to an activating group) is 1. The largest absolute Gasteiger partial charge is 0.394 e. The Morgan fingerprint density at radius 1 is 1.47 bits per heavy atom. The normalized spacial score (nSPS) is 11.4. The van der Waals surface area contributed by atoms with Crippen LogP contribution in [0.15, 0.2) is 6.07 Å². The molecule has 0 fully saturated rings. The van der Waals surface area contributed by atoms with Crippen LogP contribution in [0.2, 0.25) is 0 Å². The van der Waals surface area contributed by atoms with Crippen molar-refractivity contribution in [2.75, 3.05) is 24.0 Å². The molecule has 0 unspecified atom stereocenters. The minimum atomic E-state index is -0.384. The molecule has 6 heteroatoms. The zero-order valence-corrected chi connectivity index (χ0v) is 10.9. The molecule has 1 heterocycles. The van der Waals surface area contributed by atoms with Crippen molar-refractivity contribution >= 4 is 11.6 Å². The SMILES string of the molecule is CCc1nc(NN)cc(N(C)C(C)(C)CO)n1. The zero-order chi connectivity index (χ0) is 13.1. The van der Waals surface area contributed by atoms with E-state index in [9.17, 15) is 5.11 Å². The van der Waals surface area contributed by atoms with E-state index in [4.69, 9.17) is 5.84 Å². The Morgan fingerprint density at radius 3 is 2.59 bits per heavy atom. The van der Waals surface area contributed by atoms with Gasteiger partial charge in [0.05, 0.1) is 12.1 Å². The monoisotopic (exact) mass is 239 g/mol. The molecule has 6 nitrogen and oxygen atoms in total. The lowest BCUT2D eigenvalue weighted by atomic mass is 10.1. The van der Waals surface area contributed by atoms with Crippen LogP contribution in [0.25, 0.3) is 0 Å². The lowest BCUT2D eigenvalue weighted by molar-refractivity contribution is 0.215. The smallest absolute Gasteiger partial charge is 0.145 e. The Morgan fingerprint density at radius 2 is 2.12 bits per heavy atom. The molecule has 0 amide bonds. The van der Waals surface area contributed by atoms with Crippen LogP contribution in [0.4, 0.5) is 11.6 Å². The fourth-order valence-corrected chi connectivity index (χ4v) is 1.30. The van der Waals surface area contributed by atoms with E-state index in [1.54, 1.807) is 6.07 Å². The van der Waals surface area contributed by atoms with E-state index in [2.05, 4.69) is 15.4 Å². The second-order valence-corrected chi connectivity index (χ2v) is 4.56. The molecule has 96 valence electrons. The van der Waals surface area contributed by atoms with Gasteiger partial charge in [0.15, 0.2) is 0 Å². The van der Waals surface area contributed by atoms with Gasteiger partial charge in [0.2, 0.25) is 0 Å². The predicted octanol–water partition coefficient (Wildman–Crippen LogP) is 0.532. The van der Waals surface area contributed by atoms with Gasteiger partial charge in [-0.15, -0.1) is 0 Å². The summed E-state index contributed by atoms with van der Waals surface area (Å²) in [6.45, 7) is 5.91. The van der Waals surface area contributed by atoms with Crippen molar-refractivity contribution in [3.63, 3.8) is 0 Å². The van der Waals surface area contributed by atoms with Crippen molar-refractivity contribution in [3.8, 4) is 0 Å². The average molecular weight is 239 g/mol. The fraction of sp³-hybridized carbons (Fsp3) is 0.636. The van der Waals surface area contributed by atoms with E-state index in [-0.39, 0.29) is 12.1 Å². The van der Waals surface area contributed by atoms with Crippen LogP contribution < -0.4 is 16.2 Å². The lowest BCUT2D eigenvalue weighted by Crippen LogP contribution is -2.45. The summed E-state index contributed by atoms with van der Waals surface area (Å²) in [6.07, 6.45) is 0.732. The van der Waals surface area contributed by atoms with Gasteiger partial charge in [-0.2, -0.15) is 0 Å². The summed E-state index contributed by atoms with van der Waals surface area (Å²) >= 11 is 0. The number of nitrogen functional groups attached to an aromatic ring is 1. The Balaban J connectivity index is 3.12. The van der Waals surface area contributed by atoms with Crippen molar-refractivity contribution in [2.45, 2.75) is 32.7 Å². The summed E-state index contributed by atoms with van der Waals surface area (Å²) in [5.41, 5.74) is 2.14. The molecule has 1 aromatic rings. The number of rotatable bonds is 5. The molecule has 4 N–H and O–H groups in total. The molecule has 0 aliphatic carbocycles. The molecule has 0 radical (unpaired) electrons. The van der Waals surface area contributed by atoms with Crippen molar-refractivity contribution < 1.29 is 5.11 Å². The summed E-state index contributed by atoms with van der Waals surface area (Å²) in [7, 11) is 1.89. The van der Waals surface area contributed by atoms with E-state index in [1.165, 1.54) is 0 Å². The van der Waals surface area contributed by atoms with Crippen molar-refractivity contribution in [1.29, 1.82) is 0 Å². The number of anilines is 2. The number of hydrogen-bond donors (Lipinski definition) is 3. The Hall–Kier alpha value is -1.40. The van der Waals surface area contributed by atoms with E-state index in [1.807, 2.05) is 32.7 Å². The summed E-state index contributed by atoms with van der Waals surface area (Å²) in [4.78, 5) is 10.6. The van der Waals surface area contributed by atoms with Gasteiger partial charge in [-0.05, 0) is 13.8 Å². The summed E-state index contributed by atoms with van der Waals surface area (Å²) in [5, 5.41) is 9.35. The number of aromatic nitrogens is 2. The molecule has 1 aromatic heterocycles. The summed E-state index contributed by atoms with van der Waals surface area (Å²) in [5.74, 6) is 7.41. The second kappa shape index (κ2) is 5.29. The molecule has 1 rings (SSSR count). The number of hydrogen-bond acceptors (Lipinski definition) is 6. The minimum absolute atomic E-state index is 0.0420. The summed E-state index contributed by atoms with van der Waals surface area (Å²) < 4.78 is 0. The van der Waals surface area contributed by atoms with Crippen LogP contribution in [0.5, 0.6) is 0 Å². The number of aliphatic hydroxyl groups is 1. The third-order valence-corrected chi connectivity index (χ3v) is 2.86. The molecule has 0 bridgehead atoms. The average Bonchev–Trinajstić information content (AvgIpc) is 2.36. The van der Waals surface area contributed by atoms with Gasteiger partial charge in [0.1, 0.15) is 17.5 Å². The maximum absolute atomic E-state index is 9.35. The Bertz CT molecular complexity index is 358. The predicted molar refractivity (Wildman–Crippen MR) is 68.8 cm³/mol. The van der Waals surface area contributed by atoms with Gasteiger partial charge in [-0.1, -0.05) is 6.92 Å². The molecular weight excluding hydrogens is 218 g/mol. The number of nitrogens with one attached hydrogen (secondary N) is 1. The van der Waals surface area contributed by atoms with Gasteiger partial charge < -0.3 is 15.4 Å². The van der Waals surface area contributed by atoms with Crippen molar-refractivity contribution in [2.24, 2.45) is 5.84 Å². The van der Waals surface area contributed by atoms with E-state index in [0.29, 0.717) is 5.82 Å². The first-order chi connectivity index (χ1) is 7.94. The van der Waals surface area contributed by atoms with Crippen LogP contribution in [0.1, 0.15) is 26.6 Å². The topological polar surface area (TPSA) is 87.3 Å². The standard InChI is InChI=1S/C11H21N5O/c1-5-8-13-9(15-12)6-10(14-8)16(4)11(2,3)7-17/h6,17H,5,7,12H2,1-4H3,(H,13,14,15). The third-order valence-electron chi connectivity index (χ3n) is 2.86. The quantitative estimate of drug-likeness (QED) is 0.513. The Kier molecular flexibility index (Phi) is 4.25. The van der Waals surface area contributed by atoms with Crippen LogP contribution in [-0.4, -0.2) is 34.3 Å². The Labute approximate surface area is 102 Å². The van der Waals surface area contributed by atoms with E-state index >= 15 is 0 Å². The lowest BCUT2D eigenvalue weighted by Gasteiger charge is -2.35. The van der Waals surface area contributed by atoms with Crippen LogP contribution >= 0.6 is 0 Å². The van der Waals surface area contributed by atoms with Crippen LogP contribution in [0.3, 0.4) is 0 Å². The first-order valence-corrected chi connectivity index (χ1v) is 5.64. The number of nitrogens with zero attached hydrogens (tertiary/aromatic N) is 3. The number of nitrogens with two attached hydrogens (primary N) is 1. The van der Waals surface area contributed by atoms with Crippen molar-refractivity contribution in [3.05, 3.63) is 11.9 Å². The van der Waals surface area contributed by atoms with Gasteiger partial charge in [-0.25, -0.2) is 15.8 Å². The minimum Gasteiger partial charge on any atom is -0.394 e. The first-order valence-electron chi connectivity index (χ1n) is 5.64. The highest BCUT2D eigenvalue weighted by Crippen LogP contribution is 2.22. The van der Waals surface area contributed by atoms with Gasteiger partial charge in [0, 0.05) is 19.5 Å². The van der Waals surface area contributed by atoms with Crippen LogP contribution in [-0.2, 0) is 6.42 Å². The van der Waals surface area contributed by atoms with Gasteiger partial charge >= 0.3 is 0 Å². The van der Waals surface area contributed by atoms with Gasteiger partial charge in [-0.3, -0.25) is 0 Å². The maximum atomic E-state index is 9.35. The molecule has 0 saturated heterocycles. The van der Waals surface area contributed by atoms with Gasteiger partial charge in [0.25, 0.3) is 0 Å². The molecular formula is C11H21N5O. The molecule has 17 heavy (non-hydrogen) atoms. The highest BCUT2D eigenvalue weighted by molar-refractivity contribution is 5.50. The number of hydrazine groups is 1. The van der Waals surface area contributed by atoms with Crippen molar-refractivity contribution in [1.82, 2.24) is 9.97 Å². The number of aliphatic hydroxyl groups excluding tert-OH is 1. The molecule has 0 aliphatic rings. The van der Waals surface area contributed by atoms with Crippen LogP contribution in [0, 0.1) is 0 Å². The maximum Gasteiger partial charge on any atom is 0.145 e. The second-order valence-electron chi connectivity index (χ2n) is 4.56. The highest BCUT2D eigenvalue weighted by atomic mass is 16.3. The highest BCUT2D eigenvalue weighted by Gasteiger charge is 2.24. The molecule has 0 saturated carbocycles. The molecule has 0 aromatic carbocycles. The first kappa shape index (κ1) is 13.7. The molecule has 0 aliphatic heterocycles. The number of aryl methyl sites for hydroxylation is 1. The molecule has 0 atom stereocenters. The fourth-order valence-electron chi connectivity index (χ4n) is 1.30. The van der Waals surface area contributed by atoms with E-state index in [0.717, 1.165) is 18.1 Å². The third kappa shape index (κ3) is 3.04. The molecule has 0 spiro atoms. The van der Waals surface area contributed by atoms with E-state index < -0.39 is 0 Å².